The molecule has 0 radical (unpaired) electrons. The molecule has 1 aromatic heterocycles. The van der Waals surface area contributed by atoms with Crippen LogP contribution in [0.3, 0.4) is 0 Å². The molecule has 1 atom stereocenters. The minimum atomic E-state index is -0.991. The van der Waals surface area contributed by atoms with Crippen molar-refractivity contribution in [3.8, 4) is 0 Å². The molecule has 1 unspecified atom stereocenters. The Kier molecular flexibility index (Phi) is 5.54. The molecule has 0 saturated heterocycles. The van der Waals surface area contributed by atoms with Gasteiger partial charge in [-0.3, -0.25) is 4.79 Å². The molecule has 2 aromatic rings. The number of carbonyl (C=O) groups is 2. The average molecular weight is 397 g/mol. The number of nitrogens with one attached hydrogen (secondary N) is 1. The van der Waals surface area contributed by atoms with Crippen molar-refractivity contribution in [1.82, 2.24) is 10.3 Å². The largest absolute Gasteiger partial charge is 0.477 e. The van der Waals surface area contributed by atoms with Crippen molar-refractivity contribution in [3.05, 3.63) is 49.4 Å². The number of aromatic carboxylic acids is 1. The first-order chi connectivity index (χ1) is 10.8. The minimum Gasteiger partial charge on any atom is -0.477 e. The van der Waals surface area contributed by atoms with Crippen LogP contribution in [0.2, 0.25) is 0 Å². The SMILES string of the molecule is Cc1ccc(CC(=O)NC(C)c2nc(C)c(C(=O)O)s2)cc1Br. The number of amides is 1. The molecule has 0 aliphatic rings. The number of aryl methyl sites for hydroxylation is 2. The Hall–Kier alpha value is -1.73. The molecule has 122 valence electrons. The summed E-state index contributed by atoms with van der Waals surface area (Å²) in [6.07, 6.45) is 0.263. The van der Waals surface area contributed by atoms with Crippen LogP contribution >= 0.6 is 27.3 Å². The van der Waals surface area contributed by atoms with Crippen molar-refractivity contribution in [3.63, 3.8) is 0 Å². The maximum Gasteiger partial charge on any atom is 0.347 e. The number of carbonyl (C=O) groups excluding carboxylic acids is 1. The Bertz CT molecular complexity index is 758. The van der Waals surface area contributed by atoms with E-state index in [1.165, 1.54) is 0 Å². The number of carboxylic acids is 1. The van der Waals surface area contributed by atoms with E-state index in [9.17, 15) is 9.59 Å². The summed E-state index contributed by atoms with van der Waals surface area (Å²) in [5.74, 6) is -1.12. The van der Waals surface area contributed by atoms with Gasteiger partial charge in [0.05, 0.1) is 18.2 Å². The van der Waals surface area contributed by atoms with Crippen LogP contribution in [0.1, 0.15) is 44.5 Å². The monoisotopic (exact) mass is 396 g/mol. The van der Waals surface area contributed by atoms with E-state index in [1.807, 2.05) is 25.1 Å². The Morgan fingerprint density at radius 2 is 2.09 bits per heavy atom. The first-order valence-electron chi connectivity index (χ1n) is 7.03. The second-order valence-electron chi connectivity index (χ2n) is 5.32. The van der Waals surface area contributed by atoms with Gasteiger partial charge in [0.1, 0.15) is 9.88 Å². The summed E-state index contributed by atoms with van der Waals surface area (Å²) < 4.78 is 0.970. The fourth-order valence-electron chi connectivity index (χ4n) is 2.09. The molecule has 2 rings (SSSR count). The van der Waals surface area contributed by atoms with E-state index < -0.39 is 5.97 Å². The third-order valence-corrected chi connectivity index (χ3v) is 5.54. The zero-order valence-electron chi connectivity index (χ0n) is 13.0. The standard InChI is InChI=1S/C16H17BrN2O3S/c1-8-4-5-11(6-12(8)17)7-13(20)18-10(3)15-19-9(2)14(23-15)16(21)22/h4-6,10H,7H2,1-3H3,(H,18,20)(H,21,22). The molecular weight excluding hydrogens is 380 g/mol. The van der Waals surface area contributed by atoms with Gasteiger partial charge in [0.2, 0.25) is 5.91 Å². The van der Waals surface area contributed by atoms with Gasteiger partial charge in [-0.2, -0.15) is 0 Å². The molecule has 1 heterocycles. The van der Waals surface area contributed by atoms with Gasteiger partial charge < -0.3 is 10.4 Å². The zero-order valence-corrected chi connectivity index (χ0v) is 15.4. The molecular formula is C16H17BrN2O3S. The number of aromatic nitrogens is 1. The Labute approximate surface area is 146 Å². The van der Waals surface area contributed by atoms with E-state index in [-0.39, 0.29) is 23.2 Å². The number of thiazole rings is 1. The van der Waals surface area contributed by atoms with Crippen molar-refractivity contribution in [2.45, 2.75) is 33.2 Å². The molecule has 0 aliphatic heterocycles. The van der Waals surface area contributed by atoms with Gasteiger partial charge in [-0.05, 0) is 38.0 Å². The molecule has 5 nitrogen and oxygen atoms in total. The normalized spacial score (nSPS) is 12.0. The van der Waals surface area contributed by atoms with Gasteiger partial charge in [0, 0.05) is 4.47 Å². The number of benzene rings is 1. The smallest absolute Gasteiger partial charge is 0.347 e. The molecule has 7 heteroatoms. The molecule has 0 aliphatic carbocycles. The van der Waals surface area contributed by atoms with Gasteiger partial charge in [0.25, 0.3) is 0 Å². The second-order valence-corrected chi connectivity index (χ2v) is 7.21. The van der Waals surface area contributed by atoms with Crippen molar-refractivity contribution < 1.29 is 14.7 Å². The molecule has 0 fully saturated rings. The van der Waals surface area contributed by atoms with Crippen LogP contribution in [0, 0.1) is 13.8 Å². The van der Waals surface area contributed by atoms with Crippen LogP contribution < -0.4 is 5.32 Å². The summed E-state index contributed by atoms with van der Waals surface area (Å²) in [7, 11) is 0. The number of nitrogens with zero attached hydrogens (tertiary/aromatic N) is 1. The van der Waals surface area contributed by atoms with Gasteiger partial charge in [0.15, 0.2) is 0 Å². The summed E-state index contributed by atoms with van der Waals surface area (Å²) in [6, 6.07) is 5.48. The van der Waals surface area contributed by atoms with Crippen molar-refractivity contribution in [2.24, 2.45) is 0 Å². The lowest BCUT2D eigenvalue weighted by atomic mass is 10.1. The van der Waals surface area contributed by atoms with Crippen LogP contribution in [0.15, 0.2) is 22.7 Å². The fourth-order valence-corrected chi connectivity index (χ4v) is 3.42. The quantitative estimate of drug-likeness (QED) is 0.808. The van der Waals surface area contributed by atoms with Crippen LogP contribution in [0.4, 0.5) is 0 Å². The van der Waals surface area contributed by atoms with E-state index in [0.717, 1.165) is 26.9 Å². The summed E-state index contributed by atoms with van der Waals surface area (Å²) in [5.41, 5.74) is 2.50. The number of halogens is 1. The van der Waals surface area contributed by atoms with Gasteiger partial charge in [-0.1, -0.05) is 28.1 Å². The van der Waals surface area contributed by atoms with E-state index in [0.29, 0.717) is 10.7 Å². The van der Waals surface area contributed by atoms with E-state index in [2.05, 4.69) is 26.2 Å². The minimum absolute atomic E-state index is 0.127. The third-order valence-electron chi connectivity index (χ3n) is 3.36. The molecule has 2 N–H and O–H groups in total. The van der Waals surface area contributed by atoms with Gasteiger partial charge in [-0.25, -0.2) is 9.78 Å². The van der Waals surface area contributed by atoms with Crippen molar-refractivity contribution >= 4 is 39.1 Å². The molecule has 0 spiro atoms. The van der Waals surface area contributed by atoms with Crippen molar-refractivity contribution in [1.29, 1.82) is 0 Å². The Morgan fingerprint density at radius 3 is 2.65 bits per heavy atom. The lowest BCUT2D eigenvalue weighted by molar-refractivity contribution is -0.121. The van der Waals surface area contributed by atoms with Crippen LogP contribution in [0.25, 0.3) is 0 Å². The number of hydrogen-bond acceptors (Lipinski definition) is 4. The first kappa shape index (κ1) is 17.6. The van der Waals surface area contributed by atoms with Gasteiger partial charge in [-0.15, -0.1) is 11.3 Å². The fraction of sp³-hybridized carbons (Fsp3) is 0.312. The van der Waals surface area contributed by atoms with Crippen LogP contribution in [-0.2, 0) is 11.2 Å². The maximum atomic E-state index is 12.2. The highest BCUT2D eigenvalue weighted by Gasteiger charge is 2.19. The van der Waals surface area contributed by atoms with Crippen LogP contribution in [0.5, 0.6) is 0 Å². The molecule has 0 saturated carbocycles. The topological polar surface area (TPSA) is 79.3 Å². The number of hydrogen-bond donors (Lipinski definition) is 2. The Morgan fingerprint density at radius 1 is 1.39 bits per heavy atom. The van der Waals surface area contributed by atoms with Crippen LogP contribution in [-0.4, -0.2) is 22.0 Å². The average Bonchev–Trinajstić information content (AvgIpc) is 2.85. The highest BCUT2D eigenvalue weighted by molar-refractivity contribution is 9.10. The highest BCUT2D eigenvalue weighted by atomic mass is 79.9. The summed E-state index contributed by atoms with van der Waals surface area (Å²) >= 11 is 4.55. The van der Waals surface area contributed by atoms with E-state index in [1.54, 1.807) is 13.8 Å². The lowest BCUT2D eigenvalue weighted by Gasteiger charge is -2.11. The Balaban J connectivity index is 2.03. The lowest BCUT2D eigenvalue weighted by Crippen LogP contribution is -2.28. The molecule has 1 aromatic carbocycles. The van der Waals surface area contributed by atoms with E-state index in [4.69, 9.17) is 5.11 Å². The molecule has 23 heavy (non-hydrogen) atoms. The second kappa shape index (κ2) is 7.23. The highest BCUT2D eigenvalue weighted by Crippen LogP contribution is 2.24. The summed E-state index contributed by atoms with van der Waals surface area (Å²) in [6.45, 7) is 5.44. The first-order valence-corrected chi connectivity index (χ1v) is 8.64. The molecule has 1 amide bonds. The summed E-state index contributed by atoms with van der Waals surface area (Å²) in [4.78, 5) is 27.7. The predicted octanol–water partition coefficient (Wildman–Crippen LogP) is 3.64. The number of rotatable bonds is 5. The number of carboxylic acid groups (broad SMARTS) is 1. The third kappa shape index (κ3) is 4.39. The summed E-state index contributed by atoms with van der Waals surface area (Å²) in [5, 5.41) is 12.5. The predicted molar refractivity (Wildman–Crippen MR) is 93.0 cm³/mol. The van der Waals surface area contributed by atoms with E-state index >= 15 is 0 Å². The zero-order chi connectivity index (χ0) is 17.1. The van der Waals surface area contributed by atoms with Gasteiger partial charge >= 0.3 is 5.97 Å². The molecule has 0 bridgehead atoms. The van der Waals surface area contributed by atoms with Crippen molar-refractivity contribution in [2.75, 3.05) is 0 Å². The maximum absolute atomic E-state index is 12.2.